The molecule has 0 spiro atoms. The number of aromatic nitrogens is 4. The number of amides is 1. The van der Waals surface area contributed by atoms with E-state index in [1.165, 1.54) is 17.5 Å². The van der Waals surface area contributed by atoms with Crippen LogP contribution in [0.2, 0.25) is 0 Å². The molecular formula is C11H14N6OS. The lowest BCUT2D eigenvalue weighted by Crippen LogP contribution is -2.17. The van der Waals surface area contributed by atoms with Crippen LogP contribution in [0.1, 0.15) is 41.1 Å². The second-order valence-electron chi connectivity index (χ2n) is 4.27. The first kappa shape index (κ1) is 13.3. The Hall–Kier alpha value is -2.09. The lowest BCUT2D eigenvalue weighted by molar-refractivity contribution is 0.102. The number of nitrogens with two attached hydrogens (primary N) is 1. The largest absolute Gasteiger partial charge is 0.396 e. The number of aryl methyl sites for hydroxylation is 1. The van der Waals surface area contributed by atoms with Crippen molar-refractivity contribution in [1.29, 1.82) is 0 Å². The molecule has 0 aromatic carbocycles. The van der Waals surface area contributed by atoms with Crippen molar-refractivity contribution in [2.75, 3.05) is 11.1 Å². The normalized spacial score (nSPS) is 10.7. The van der Waals surface area contributed by atoms with E-state index in [1.54, 1.807) is 0 Å². The minimum atomic E-state index is -0.405. The predicted molar refractivity (Wildman–Crippen MR) is 73.1 cm³/mol. The molecule has 19 heavy (non-hydrogen) atoms. The maximum Gasteiger partial charge on any atom is 0.278 e. The summed E-state index contributed by atoms with van der Waals surface area (Å²) in [5.74, 6) is 0.293. The van der Waals surface area contributed by atoms with Gasteiger partial charge in [0.25, 0.3) is 5.91 Å². The van der Waals surface area contributed by atoms with Gasteiger partial charge < -0.3 is 5.73 Å². The third kappa shape index (κ3) is 3.02. The van der Waals surface area contributed by atoms with Crippen LogP contribution < -0.4 is 11.1 Å². The van der Waals surface area contributed by atoms with Gasteiger partial charge in [-0.25, -0.2) is 9.97 Å². The molecule has 2 rings (SSSR count). The molecule has 2 aromatic rings. The Balaban J connectivity index is 2.25. The van der Waals surface area contributed by atoms with Crippen LogP contribution in [0.15, 0.2) is 6.20 Å². The molecule has 0 bridgehead atoms. The summed E-state index contributed by atoms with van der Waals surface area (Å²) in [5.41, 5.74) is 6.13. The molecule has 2 aromatic heterocycles. The molecule has 0 saturated carbocycles. The van der Waals surface area contributed by atoms with E-state index < -0.39 is 5.91 Å². The first-order valence-corrected chi connectivity index (χ1v) is 6.53. The summed E-state index contributed by atoms with van der Waals surface area (Å²) in [6, 6.07) is 0. The van der Waals surface area contributed by atoms with Gasteiger partial charge in [0, 0.05) is 5.92 Å². The van der Waals surface area contributed by atoms with Crippen molar-refractivity contribution < 1.29 is 4.79 Å². The molecular weight excluding hydrogens is 264 g/mol. The zero-order chi connectivity index (χ0) is 14.0. The highest BCUT2D eigenvalue weighted by molar-refractivity contribution is 7.15. The van der Waals surface area contributed by atoms with Gasteiger partial charge in [0.2, 0.25) is 5.13 Å². The number of carbonyl (C=O) groups excluding carboxylic acids is 1. The molecule has 8 heteroatoms. The van der Waals surface area contributed by atoms with Crippen LogP contribution in [-0.4, -0.2) is 26.1 Å². The highest BCUT2D eigenvalue weighted by Gasteiger charge is 2.16. The maximum atomic E-state index is 12.1. The smallest absolute Gasteiger partial charge is 0.278 e. The molecule has 0 radical (unpaired) electrons. The minimum absolute atomic E-state index is 0.121. The van der Waals surface area contributed by atoms with E-state index >= 15 is 0 Å². The number of nitrogen functional groups attached to an aromatic ring is 1. The Morgan fingerprint density at radius 2 is 2.16 bits per heavy atom. The zero-order valence-corrected chi connectivity index (χ0v) is 11.7. The van der Waals surface area contributed by atoms with E-state index in [4.69, 9.17) is 5.73 Å². The molecule has 0 aliphatic carbocycles. The topological polar surface area (TPSA) is 107 Å². The number of nitrogens with zero attached hydrogens (tertiary/aromatic N) is 4. The fourth-order valence-corrected chi connectivity index (χ4v) is 1.96. The molecule has 0 saturated heterocycles. The van der Waals surface area contributed by atoms with Gasteiger partial charge in [-0.15, -0.1) is 10.2 Å². The van der Waals surface area contributed by atoms with Gasteiger partial charge in [0.15, 0.2) is 5.69 Å². The van der Waals surface area contributed by atoms with E-state index in [1.807, 2.05) is 20.8 Å². The van der Waals surface area contributed by atoms with Crippen LogP contribution >= 0.6 is 11.3 Å². The van der Waals surface area contributed by atoms with Crippen molar-refractivity contribution in [3.8, 4) is 0 Å². The molecule has 3 N–H and O–H groups in total. The second kappa shape index (κ2) is 5.27. The van der Waals surface area contributed by atoms with Gasteiger partial charge in [-0.1, -0.05) is 25.2 Å². The fourth-order valence-electron chi connectivity index (χ4n) is 1.37. The van der Waals surface area contributed by atoms with Crippen LogP contribution in [0.5, 0.6) is 0 Å². The summed E-state index contributed by atoms with van der Waals surface area (Å²) in [6.07, 6.45) is 1.45. The number of anilines is 2. The van der Waals surface area contributed by atoms with Crippen molar-refractivity contribution in [3.63, 3.8) is 0 Å². The third-order valence-electron chi connectivity index (χ3n) is 2.31. The number of hydrogen-bond donors (Lipinski definition) is 2. The van der Waals surface area contributed by atoms with Crippen LogP contribution in [0, 0.1) is 6.92 Å². The van der Waals surface area contributed by atoms with Crippen LogP contribution in [-0.2, 0) is 0 Å². The summed E-state index contributed by atoms with van der Waals surface area (Å²) >= 11 is 1.29. The van der Waals surface area contributed by atoms with Crippen molar-refractivity contribution in [1.82, 2.24) is 20.2 Å². The first-order chi connectivity index (χ1) is 8.97. The quantitative estimate of drug-likeness (QED) is 0.883. The SMILES string of the molecule is Cc1nnc(NC(=O)c2nc(C(C)C)ncc2N)s1. The highest BCUT2D eigenvalue weighted by Crippen LogP contribution is 2.17. The first-order valence-electron chi connectivity index (χ1n) is 5.71. The van der Waals surface area contributed by atoms with E-state index in [0.29, 0.717) is 11.0 Å². The molecule has 0 aliphatic heterocycles. The summed E-state index contributed by atoms with van der Waals surface area (Å²) in [5, 5.41) is 11.5. The Bertz CT molecular complexity index is 609. The third-order valence-corrected chi connectivity index (χ3v) is 3.07. The summed E-state index contributed by atoms with van der Waals surface area (Å²) in [6.45, 7) is 5.70. The highest BCUT2D eigenvalue weighted by atomic mass is 32.1. The van der Waals surface area contributed by atoms with Gasteiger partial charge in [0.1, 0.15) is 10.8 Å². The number of hydrogen-bond acceptors (Lipinski definition) is 7. The minimum Gasteiger partial charge on any atom is -0.396 e. The van der Waals surface area contributed by atoms with Crippen molar-refractivity contribution in [2.24, 2.45) is 0 Å². The average molecular weight is 278 g/mol. The molecule has 0 atom stereocenters. The Labute approximate surface area is 114 Å². The summed E-state index contributed by atoms with van der Waals surface area (Å²) < 4.78 is 0. The molecule has 0 unspecified atom stereocenters. The molecule has 7 nitrogen and oxygen atoms in total. The van der Waals surface area contributed by atoms with E-state index in [0.717, 1.165) is 5.01 Å². The van der Waals surface area contributed by atoms with Gasteiger partial charge >= 0.3 is 0 Å². The molecule has 0 fully saturated rings. The van der Waals surface area contributed by atoms with Crippen molar-refractivity contribution >= 4 is 28.1 Å². The maximum absolute atomic E-state index is 12.1. The van der Waals surface area contributed by atoms with E-state index in [-0.39, 0.29) is 17.3 Å². The number of rotatable bonds is 3. The van der Waals surface area contributed by atoms with Crippen molar-refractivity contribution in [3.05, 3.63) is 22.7 Å². The molecule has 100 valence electrons. The molecule has 0 aliphatic rings. The van der Waals surface area contributed by atoms with Crippen LogP contribution in [0.25, 0.3) is 0 Å². The Morgan fingerprint density at radius 1 is 1.42 bits per heavy atom. The van der Waals surface area contributed by atoms with Gasteiger partial charge in [-0.05, 0) is 6.92 Å². The monoisotopic (exact) mass is 278 g/mol. The Morgan fingerprint density at radius 3 is 2.74 bits per heavy atom. The van der Waals surface area contributed by atoms with E-state index in [2.05, 4.69) is 25.5 Å². The average Bonchev–Trinajstić information content (AvgIpc) is 2.74. The number of carbonyl (C=O) groups is 1. The predicted octanol–water partition coefficient (Wildman–Crippen LogP) is 1.59. The van der Waals surface area contributed by atoms with Crippen LogP contribution in [0.4, 0.5) is 10.8 Å². The lowest BCUT2D eigenvalue weighted by Gasteiger charge is -2.08. The Kier molecular flexibility index (Phi) is 3.70. The molecule has 1 amide bonds. The number of nitrogens with one attached hydrogen (secondary N) is 1. The van der Waals surface area contributed by atoms with Crippen LogP contribution in [0.3, 0.4) is 0 Å². The fraction of sp³-hybridized carbons (Fsp3) is 0.364. The summed E-state index contributed by atoms with van der Waals surface area (Å²) in [4.78, 5) is 20.3. The summed E-state index contributed by atoms with van der Waals surface area (Å²) in [7, 11) is 0. The zero-order valence-electron chi connectivity index (χ0n) is 10.8. The lowest BCUT2D eigenvalue weighted by atomic mass is 10.2. The standard InChI is InChI=1S/C11H14N6OS/c1-5(2)9-13-4-7(12)8(14-9)10(18)15-11-17-16-6(3)19-11/h4-5H,12H2,1-3H3,(H,15,17,18). The van der Waals surface area contributed by atoms with Gasteiger partial charge in [0.05, 0.1) is 11.9 Å². The second-order valence-corrected chi connectivity index (χ2v) is 5.45. The molecule has 2 heterocycles. The van der Waals surface area contributed by atoms with E-state index in [9.17, 15) is 4.79 Å². The van der Waals surface area contributed by atoms with Gasteiger partial charge in [-0.2, -0.15) is 0 Å². The van der Waals surface area contributed by atoms with Crippen molar-refractivity contribution in [2.45, 2.75) is 26.7 Å². The van der Waals surface area contributed by atoms with Gasteiger partial charge in [-0.3, -0.25) is 10.1 Å².